The number of aromatic nitrogens is 1. The topological polar surface area (TPSA) is 45.2 Å². The molecular weight excluding hydrogens is 258 g/mol. The second-order valence-electron chi connectivity index (χ2n) is 3.67. The molecule has 0 fully saturated rings. The van der Waals surface area contributed by atoms with Gasteiger partial charge in [-0.3, -0.25) is 10.1 Å². The molecule has 0 aliphatic rings. The van der Waals surface area contributed by atoms with Crippen LogP contribution in [0.25, 0.3) is 0 Å². The molecule has 1 aromatic rings. The Balaban J connectivity index is 2.43. The Morgan fingerprint density at radius 2 is 2.24 bits per heavy atom. The van der Waals surface area contributed by atoms with Crippen LogP contribution in [-0.2, 0) is 11.3 Å². The van der Waals surface area contributed by atoms with Crippen LogP contribution in [0.3, 0.4) is 0 Å². The standard InChI is InChI=1S/C11H18ClN3OS/c1-4-15(5-2)11(16)8(3)13-7-10-14-6-9(12)17-10/h6,8,13H,4-5,7H2,1-3H3. The summed E-state index contributed by atoms with van der Waals surface area (Å²) >= 11 is 7.21. The van der Waals surface area contributed by atoms with Gasteiger partial charge in [-0.05, 0) is 20.8 Å². The van der Waals surface area contributed by atoms with E-state index in [4.69, 9.17) is 11.6 Å². The van der Waals surface area contributed by atoms with Crippen LogP contribution < -0.4 is 5.32 Å². The smallest absolute Gasteiger partial charge is 0.239 e. The first-order chi connectivity index (χ1) is 8.08. The van der Waals surface area contributed by atoms with Crippen molar-refractivity contribution in [3.63, 3.8) is 0 Å². The first-order valence-electron chi connectivity index (χ1n) is 5.70. The summed E-state index contributed by atoms with van der Waals surface area (Å²) in [5.74, 6) is 0.123. The number of carbonyl (C=O) groups excluding carboxylic acids is 1. The van der Waals surface area contributed by atoms with E-state index in [1.165, 1.54) is 11.3 Å². The van der Waals surface area contributed by atoms with Crippen LogP contribution in [0.4, 0.5) is 0 Å². The average Bonchev–Trinajstić information content (AvgIpc) is 2.73. The quantitative estimate of drug-likeness (QED) is 0.865. The largest absolute Gasteiger partial charge is 0.342 e. The monoisotopic (exact) mass is 275 g/mol. The van der Waals surface area contributed by atoms with Crippen LogP contribution in [0.15, 0.2) is 6.20 Å². The second kappa shape index (κ2) is 6.93. The molecule has 0 radical (unpaired) electrons. The highest BCUT2D eigenvalue weighted by molar-refractivity contribution is 7.15. The number of carbonyl (C=O) groups is 1. The summed E-state index contributed by atoms with van der Waals surface area (Å²) in [5.41, 5.74) is 0. The highest BCUT2D eigenvalue weighted by atomic mass is 35.5. The molecule has 1 rings (SSSR count). The first-order valence-corrected chi connectivity index (χ1v) is 6.90. The Hall–Kier alpha value is -0.650. The van der Waals surface area contributed by atoms with Gasteiger partial charge < -0.3 is 4.90 Å². The average molecular weight is 276 g/mol. The van der Waals surface area contributed by atoms with E-state index < -0.39 is 0 Å². The van der Waals surface area contributed by atoms with Gasteiger partial charge in [-0.15, -0.1) is 11.3 Å². The van der Waals surface area contributed by atoms with Crippen molar-refractivity contribution in [2.24, 2.45) is 0 Å². The molecule has 1 N–H and O–H groups in total. The van der Waals surface area contributed by atoms with Crippen molar-refractivity contribution < 1.29 is 4.79 Å². The van der Waals surface area contributed by atoms with Crippen LogP contribution in [-0.4, -0.2) is 34.9 Å². The van der Waals surface area contributed by atoms with Crippen molar-refractivity contribution in [3.05, 3.63) is 15.5 Å². The summed E-state index contributed by atoms with van der Waals surface area (Å²) in [6.45, 7) is 7.89. The van der Waals surface area contributed by atoms with Crippen LogP contribution in [0.5, 0.6) is 0 Å². The number of nitrogens with zero attached hydrogens (tertiary/aromatic N) is 2. The molecule has 0 bridgehead atoms. The molecule has 1 atom stereocenters. The molecule has 17 heavy (non-hydrogen) atoms. The van der Waals surface area contributed by atoms with E-state index in [-0.39, 0.29) is 11.9 Å². The molecule has 96 valence electrons. The first kappa shape index (κ1) is 14.4. The van der Waals surface area contributed by atoms with Gasteiger partial charge in [0.2, 0.25) is 5.91 Å². The van der Waals surface area contributed by atoms with Gasteiger partial charge in [0, 0.05) is 19.6 Å². The van der Waals surface area contributed by atoms with Gasteiger partial charge in [0.15, 0.2) is 0 Å². The summed E-state index contributed by atoms with van der Waals surface area (Å²) in [6, 6.07) is -0.197. The Kier molecular flexibility index (Phi) is 5.88. The molecule has 1 aromatic heterocycles. The van der Waals surface area contributed by atoms with Crippen LogP contribution in [0, 0.1) is 0 Å². The van der Waals surface area contributed by atoms with Gasteiger partial charge in [0.25, 0.3) is 0 Å². The lowest BCUT2D eigenvalue weighted by atomic mass is 10.3. The molecule has 0 aromatic carbocycles. The number of likely N-dealkylation sites (N-methyl/N-ethyl adjacent to an activating group) is 1. The molecule has 0 saturated carbocycles. The SMILES string of the molecule is CCN(CC)C(=O)C(C)NCc1ncc(Cl)s1. The van der Waals surface area contributed by atoms with Crippen molar-refractivity contribution in [3.8, 4) is 0 Å². The minimum atomic E-state index is -0.197. The fraction of sp³-hybridized carbons (Fsp3) is 0.636. The number of amides is 1. The minimum Gasteiger partial charge on any atom is -0.342 e. The summed E-state index contributed by atoms with van der Waals surface area (Å²) in [5, 5.41) is 4.06. The third-order valence-electron chi connectivity index (χ3n) is 2.53. The lowest BCUT2D eigenvalue weighted by molar-refractivity contribution is -0.132. The molecule has 0 spiro atoms. The number of rotatable bonds is 6. The third kappa shape index (κ3) is 4.26. The van der Waals surface area contributed by atoms with E-state index in [1.54, 1.807) is 6.20 Å². The Morgan fingerprint density at radius 3 is 2.71 bits per heavy atom. The van der Waals surface area contributed by atoms with E-state index in [0.29, 0.717) is 10.9 Å². The molecule has 1 heterocycles. The van der Waals surface area contributed by atoms with E-state index in [1.807, 2.05) is 25.7 Å². The predicted molar refractivity (Wildman–Crippen MR) is 71.4 cm³/mol. The maximum absolute atomic E-state index is 12.0. The minimum absolute atomic E-state index is 0.123. The highest BCUT2D eigenvalue weighted by Crippen LogP contribution is 2.17. The lowest BCUT2D eigenvalue weighted by Crippen LogP contribution is -2.44. The molecule has 1 unspecified atom stereocenters. The fourth-order valence-electron chi connectivity index (χ4n) is 1.51. The van der Waals surface area contributed by atoms with Gasteiger partial charge >= 0.3 is 0 Å². The normalized spacial score (nSPS) is 12.5. The number of halogens is 1. The molecule has 1 amide bonds. The van der Waals surface area contributed by atoms with Crippen LogP contribution in [0.1, 0.15) is 25.8 Å². The van der Waals surface area contributed by atoms with E-state index in [9.17, 15) is 4.79 Å². The predicted octanol–water partition coefficient (Wildman–Crippen LogP) is 2.14. The lowest BCUT2D eigenvalue weighted by Gasteiger charge is -2.23. The number of hydrogen-bond acceptors (Lipinski definition) is 4. The Morgan fingerprint density at radius 1 is 1.59 bits per heavy atom. The summed E-state index contributed by atoms with van der Waals surface area (Å²) in [6.07, 6.45) is 1.63. The van der Waals surface area contributed by atoms with Gasteiger partial charge in [0.1, 0.15) is 9.34 Å². The number of hydrogen-bond donors (Lipinski definition) is 1. The van der Waals surface area contributed by atoms with E-state index >= 15 is 0 Å². The summed E-state index contributed by atoms with van der Waals surface area (Å²) in [7, 11) is 0. The van der Waals surface area contributed by atoms with Crippen molar-refractivity contribution in [2.75, 3.05) is 13.1 Å². The van der Waals surface area contributed by atoms with Crippen molar-refractivity contribution in [1.29, 1.82) is 0 Å². The zero-order chi connectivity index (χ0) is 12.8. The van der Waals surface area contributed by atoms with Crippen LogP contribution in [0.2, 0.25) is 4.34 Å². The molecule has 4 nitrogen and oxygen atoms in total. The van der Waals surface area contributed by atoms with Gasteiger partial charge in [-0.2, -0.15) is 0 Å². The molecule has 0 aliphatic heterocycles. The van der Waals surface area contributed by atoms with E-state index in [0.717, 1.165) is 18.1 Å². The van der Waals surface area contributed by atoms with Crippen LogP contribution >= 0.6 is 22.9 Å². The van der Waals surface area contributed by atoms with Crippen molar-refractivity contribution in [2.45, 2.75) is 33.4 Å². The maximum atomic E-state index is 12.0. The zero-order valence-electron chi connectivity index (χ0n) is 10.4. The highest BCUT2D eigenvalue weighted by Gasteiger charge is 2.17. The second-order valence-corrected chi connectivity index (χ2v) is 5.42. The summed E-state index contributed by atoms with van der Waals surface area (Å²) in [4.78, 5) is 17.9. The van der Waals surface area contributed by atoms with Crippen molar-refractivity contribution >= 4 is 28.8 Å². The molecular formula is C11H18ClN3OS. The Bertz CT molecular complexity index is 365. The molecule has 6 heteroatoms. The molecule has 0 aliphatic carbocycles. The van der Waals surface area contributed by atoms with E-state index in [2.05, 4.69) is 10.3 Å². The third-order valence-corrected chi connectivity index (χ3v) is 3.65. The van der Waals surface area contributed by atoms with Gasteiger partial charge in [0.05, 0.1) is 12.2 Å². The molecule has 0 saturated heterocycles. The zero-order valence-corrected chi connectivity index (χ0v) is 11.9. The van der Waals surface area contributed by atoms with Gasteiger partial charge in [-0.1, -0.05) is 11.6 Å². The fourth-order valence-corrected chi connectivity index (χ4v) is 2.41. The maximum Gasteiger partial charge on any atom is 0.239 e. The Labute approximate surface area is 111 Å². The van der Waals surface area contributed by atoms with Crippen molar-refractivity contribution in [1.82, 2.24) is 15.2 Å². The summed E-state index contributed by atoms with van der Waals surface area (Å²) < 4.78 is 0.671. The number of nitrogens with one attached hydrogen (secondary N) is 1. The van der Waals surface area contributed by atoms with Gasteiger partial charge in [-0.25, -0.2) is 4.98 Å². The number of thiazole rings is 1.